The fraction of sp³-hybridized carbons (Fsp3) is 0.333. The van der Waals surface area contributed by atoms with Crippen LogP contribution >= 0.6 is 0 Å². The van der Waals surface area contributed by atoms with Gasteiger partial charge in [-0.1, -0.05) is 0 Å². The zero-order chi connectivity index (χ0) is 18.1. The van der Waals surface area contributed by atoms with Crippen LogP contribution in [0, 0.1) is 6.92 Å². The van der Waals surface area contributed by atoms with E-state index >= 15 is 0 Å². The second-order valence-corrected chi connectivity index (χ2v) is 6.36. The maximum Gasteiger partial charge on any atom is 0.339 e. The van der Waals surface area contributed by atoms with E-state index in [2.05, 4.69) is 15.4 Å². The molecule has 4 rings (SSSR count). The first-order valence-corrected chi connectivity index (χ1v) is 8.47. The molecule has 0 bridgehead atoms. The molecule has 1 N–H and O–H groups in total. The van der Waals surface area contributed by atoms with Gasteiger partial charge in [0.1, 0.15) is 28.6 Å². The van der Waals surface area contributed by atoms with Gasteiger partial charge in [-0.15, -0.1) is 0 Å². The standard InChI is InChI=1S/C18H18N4O4/c1-11-8-14(10-17(23)25-11)26-13-4-6-22(7-5-13)18(24)12-2-3-15-16(9-12)20-21-19-15/h2-3,8-10,13H,4-7H2,1H3,(H,19,20,21). The van der Waals surface area contributed by atoms with Crippen LogP contribution in [-0.2, 0) is 0 Å². The van der Waals surface area contributed by atoms with Crippen molar-refractivity contribution < 1.29 is 13.9 Å². The summed E-state index contributed by atoms with van der Waals surface area (Å²) in [5.41, 5.74) is 1.58. The minimum absolute atomic E-state index is 0.0236. The predicted molar refractivity (Wildman–Crippen MR) is 93.2 cm³/mol. The lowest BCUT2D eigenvalue weighted by molar-refractivity contribution is 0.0594. The molecule has 26 heavy (non-hydrogen) atoms. The lowest BCUT2D eigenvalue weighted by atomic mass is 10.1. The SMILES string of the molecule is Cc1cc(OC2CCN(C(=O)c3ccc4n[nH]nc4c3)CC2)cc(=O)o1. The highest BCUT2D eigenvalue weighted by Gasteiger charge is 2.25. The van der Waals surface area contributed by atoms with Gasteiger partial charge in [0.15, 0.2) is 0 Å². The summed E-state index contributed by atoms with van der Waals surface area (Å²) in [5, 5.41) is 10.6. The highest BCUT2D eigenvalue weighted by molar-refractivity contribution is 5.97. The molecule has 134 valence electrons. The summed E-state index contributed by atoms with van der Waals surface area (Å²) in [6, 6.07) is 8.34. The molecule has 0 saturated carbocycles. The van der Waals surface area contributed by atoms with Gasteiger partial charge in [-0.3, -0.25) is 4.79 Å². The molecule has 0 aliphatic carbocycles. The molecule has 8 heteroatoms. The molecule has 1 aromatic carbocycles. The summed E-state index contributed by atoms with van der Waals surface area (Å²) in [4.78, 5) is 25.9. The molecule has 3 heterocycles. The Labute approximate surface area is 148 Å². The smallest absolute Gasteiger partial charge is 0.339 e. The summed E-state index contributed by atoms with van der Waals surface area (Å²) in [6.45, 7) is 2.91. The van der Waals surface area contributed by atoms with E-state index in [1.807, 2.05) is 4.90 Å². The molecule has 1 aliphatic heterocycles. The topological polar surface area (TPSA) is 101 Å². The van der Waals surface area contributed by atoms with Crippen LogP contribution in [0.4, 0.5) is 0 Å². The average molecular weight is 354 g/mol. The molecule has 0 spiro atoms. The van der Waals surface area contributed by atoms with Crippen LogP contribution in [0.2, 0.25) is 0 Å². The number of carbonyl (C=O) groups is 1. The molecule has 0 radical (unpaired) electrons. The van der Waals surface area contributed by atoms with Crippen molar-refractivity contribution in [3.05, 3.63) is 52.1 Å². The van der Waals surface area contributed by atoms with Crippen molar-refractivity contribution in [3.63, 3.8) is 0 Å². The van der Waals surface area contributed by atoms with Gasteiger partial charge in [0.2, 0.25) is 0 Å². The highest BCUT2D eigenvalue weighted by atomic mass is 16.5. The van der Waals surface area contributed by atoms with Crippen molar-refractivity contribution in [2.45, 2.75) is 25.9 Å². The predicted octanol–water partition coefficient (Wildman–Crippen LogP) is 1.90. The van der Waals surface area contributed by atoms with Crippen LogP contribution in [0.5, 0.6) is 5.75 Å². The number of benzene rings is 1. The number of likely N-dealkylation sites (tertiary alicyclic amines) is 1. The Hall–Kier alpha value is -3.16. The second-order valence-electron chi connectivity index (χ2n) is 6.36. The number of piperidine rings is 1. The van der Waals surface area contributed by atoms with Crippen LogP contribution in [0.25, 0.3) is 11.0 Å². The van der Waals surface area contributed by atoms with E-state index in [4.69, 9.17) is 9.15 Å². The third-order valence-electron chi connectivity index (χ3n) is 4.46. The second kappa shape index (κ2) is 6.62. The van der Waals surface area contributed by atoms with E-state index in [0.717, 1.165) is 5.52 Å². The van der Waals surface area contributed by atoms with Crippen LogP contribution in [0.3, 0.4) is 0 Å². The molecule has 1 aliphatic rings. The lowest BCUT2D eigenvalue weighted by Crippen LogP contribution is -2.41. The maximum absolute atomic E-state index is 12.7. The summed E-state index contributed by atoms with van der Waals surface area (Å²) in [6.07, 6.45) is 1.38. The number of H-pyrrole nitrogens is 1. The summed E-state index contributed by atoms with van der Waals surface area (Å²) in [5.74, 6) is 1.01. The number of nitrogens with one attached hydrogen (secondary N) is 1. The minimum atomic E-state index is -0.420. The average Bonchev–Trinajstić information content (AvgIpc) is 3.08. The summed E-state index contributed by atoms with van der Waals surface area (Å²) in [7, 11) is 0. The van der Waals surface area contributed by atoms with Crippen molar-refractivity contribution in [3.8, 4) is 5.75 Å². The van der Waals surface area contributed by atoms with E-state index in [1.54, 1.807) is 31.2 Å². The van der Waals surface area contributed by atoms with Crippen molar-refractivity contribution in [2.75, 3.05) is 13.1 Å². The first kappa shape index (κ1) is 16.3. The largest absolute Gasteiger partial charge is 0.490 e. The number of hydrogen-bond donors (Lipinski definition) is 1. The van der Waals surface area contributed by atoms with Crippen LogP contribution in [0.15, 0.2) is 39.5 Å². The zero-order valence-corrected chi connectivity index (χ0v) is 14.3. The summed E-state index contributed by atoms with van der Waals surface area (Å²) < 4.78 is 10.8. The summed E-state index contributed by atoms with van der Waals surface area (Å²) >= 11 is 0. The van der Waals surface area contributed by atoms with Crippen molar-refractivity contribution in [1.82, 2.24) is 20.3 Å². The number of aryl methyl sites for hydroxylation is 1. The number of aromatic amines is 1. The molecule has 1 fully saturated rings. The van der Waals surface area contributed by atoms with Gasteiger partial charge >= 0.3 is 5.63 Å². The molecule has 2 aromatic heterocycles. The molecular formula is C18H18N4O4. The molecule has 1 amide bonds. The van der Waals surface area contributed by atoms with Gasteiger partial charge in [-0.25, -0.2) is 4.79 Å². The number of nitrogens with zero attached hydrogens (tertiary/aromatic N) is 3. The molecule has 0 atom stereocenters. The van der Waals surface area contributed by atoms with Gasteiger partial charge in [0.05, 0.1) is 6.07 Å². The fourth-order valence-electron chi connectivity index (χ4n) is 3.17. The molecule has 3 aromatic rings. The Morgan fingerprint density at radius 3 is 2.73 bits per heavy atom. The first-order chi connectivity index (χ1) is 12.6. The van der Waals surface area contributed by atoms with Crippen molar-refractivity contribution in [1.29, 1.82) is 0 Å². The third kappa shape index (κ3) is 3.30. The Morgan fingerprint density at radius 1 is 1.19 bits per heavy atom. The number of rotatable bonds is 3. The van der Waals surface area contributed by atoms with E-state index in [0.29, 0.717) is 48.5 Å². The lowest BCUT2D eigenvalue weighted by Gasteiger charge is -2.32. The van der Waals surface area contributed by atoms with Gasteiger partial charge in [-0.2, -0.15) is 15.4 Å². The number of ether oxygens (including phenoxy) is 1. The monoisotopic (exact) mass is 354 g/mol. The normalized spacial score (nSPS) is 15.3. The molecule has 8 nitrogen and oxygen atoms in total. The quantitative estimate of drug-likeness (QED) is 0.771. The number of carbonyl (C=O) groups excluding carboxylic acids is 1. The van der Waals surface area contributed by atoms with E-state index in [9.17, 15) is 9.59 Å². The Bertz CT molecular complexity index is 1000. The van der Waals surface area contributed by atoms with E-state index < -0.39 is 5.63 Å². The minimum Gasteiger partial charge on any atom is -0.490 e. The van der Waals surface area contributed by atoms with Gasteiger partial charge < -0.3 is 14.1 Å². The Kier molecular flexibility index (Phi) is 4.16. The van der Waals surface area contributed by atoms with E-state index in [-0.39, 0.29) is 12.0 Å². The number of amides is 1. The van der Waals surface area contributed by atoms with Crippen LogP contribution in [-0.4, -0.2) is 45.4 Å². The fourth-order valence-corrected chi connectivity index (χ4v) is 3.17. The van der Waals surface area contributed by atoms with Gasteiger partial charge in [-0.05, 0) is 25.1 Å². The number of fused-ring (bicyclic) bond motifs is 1. The molecule has 0 unspecified atom stereocenters. The highest BCUT2D eigenvalue weighted by Crippen LogP contribution is 2.21. The van der Waals surface area contributed by atoms with Gasteiger partial charge in [0.25, 0.3) is 5.91 Å². The number of hydrogen-bond acceptors (Lipinski definition) is 6. The van der Waals surface area contributed by atoms with Gasteiger partial charge in [0, 0.05) is 37.6 Å². The van der Waals surface area contributed by atoms with Crippen LogP contribution < -0.4 is 10.4 Å². The Balaban J connectivity index is 1.39. The first-order valence-electron chi connectivity index (χ1n) is 8.47. The van der Waals surface area contributed by atoms with Crippen molar-refractivity contribution >= 4 is 16.9 Å². The molecule has 1 saturated heterocycles. The third-order valence-corrected chi connectivity index (χ3v) is 4.46. The van der Waals surface area contributed by atoms with E-state index in [1.165, 1.54) is 6.07 Å². The Morgan fingerprint density at radius 2 is 1.96 bits per heavy atom. The van der Waals surface area contributed by atoms with Crippen molar-refractivity contribution in [2.24, 2.45) is 0 Å². The van der Waals surface area contributed by atoms with Crippen LogP contribution in [0.1, 0.15) is 29.0 Å². The molecular weight excluding hydrogens is 336 g/mol. The zero-order valence-electron chi connectivity index (χ0n) is 14.3. The maximum atomic E-state index is 12.7. The number of aromatic nitrogens is 3.